The molecule has 2 aromatic rings. The Morgan fingerprint density at radius 1 is 1.26 bits per heavy atom. The van der Waals surface area contributed by atoms with Gasteiger partial charge in [-0.15, -0.1) is 11.3 Å². The highest BCUT2D eigenvalue weighted by molar-refractivity contribution is 7.09. The Hall–Kier alpha value is -2.41. The van der Waals surface area contributed by atoms with E-state index in [0.717, 1.165) is 55.6 Å². The lowest BCUT2D eigenvalue weighted by Crippen LogP contribution is -2.45. The highest BCUT2D eigenvalue weighted by Crippen LogP contribution is 2.30. The second kappa shape index (κ2) is 9.50. The van der Waals surface area contributed by atoms with Gasteiger partial charge >= 0.3 is 0 Å². The lowest BCUT2D eigenvalue weighted by molar-refractivity contribution is 0.394. The fourth-order valence-electron chi connectivity index (χ4n) is 3.23. The molecule has 1 aromatic carbocycles. The zero-order valence-electron chi connectivity index (χ0n) is 16.2. The fourth-order valence-corrected chi connectivity index (χ4v) is 3.94. The van der Waals surface area contributed by atoms with E-state index in [0.29, 0.717) is 6.04 Å². The first kappa shape index (κ1) is 19.4. The summed E-state index contributed by atoms with van der Waals surface area (Å²) in [6, 6.07) is 10.6. The van der Waals surface area contributed by atoms with Crippen LogP contribution in [0.2, 0.25) is 0 Å². The lowest BCUT2D eigenvalue weighted by atomic mass is 10.2. The van der Waals surface area contributed by atoms with E-state index in [9.17, 15) is 0 Å². The Bertz CT molecular complexity index is 726. The molecule has 1 atom stereocenters. The molecule has 1 saturated heterocycles. The average Bonchev–Trinajstić information content (AvgIpc) is 3.38. The van der Waals surface area contributed by atoms with Crippen LogP contribution in [0.5, 0.6) is 11.5 Å². The van der Waals surface area contributed by atoms with Crippen molar-refractivity contribution in [1.82, 2.24) is 10.6 Å². The van der Waals surface area contributed by atoms with Gasteiger partial charge in [-0.3, -0.25) is 4.99 Å². The molecule has 1 aromatic heterocycles. The average molecular weight is 389 g/mol. The molecular formula is C20H28N4O2S. The summed E-state index contributed by atoms with van der Waals surface area (Å²) in [7, 11) is 5.18. The molecule has 0 radical (unpaired) electrons. The summed E-state index contributed by atoms with van der Waals surface area (Å²) in [4.78, 5) is 8.10. The highest BCUT2D eigenvalue weighted by atomic mass is 32.1. The third kappa shape index (κ3) is 5.29. The van der Waals surface area contributed by atoms with E-state index in [1.54, 1.807) is 25.6 Å². The summed E-state index contributed by atoms with van der Waals surface area (Å²) in [5.74, 6) is 2.49. The smallest absolute Gasteiger partial charge is 0.191 e. The number of nitrogens with one attached hydrogen (secondary N) is 2. The maximum Gasteiger partial charge on any atom is 0.191 e. The molecule has 0 aliphatic carbocycles. The summed E-state index contributed by atoms with van der Waals surface area (Å²) in [6.45, 7) is 2.78. The molecule has 6 nitrogen and oxygen atoms in total. The van der Waals surface area contributed by atoms with Crippen molar-refractivity contribution in [2.24, 2.45) is 4.99 Å². The number of rotatable bonds is 7. The summed E-state index contributed by atoms with van der Waals surface area (Å²) in [6.07, 6.45) is 2.07. The Morgan fingerprint density at radius 3 is 2.67 bits per heavy atom. The van der Waals surface area contributed by atoms with Gasteiger partial charge in [0.25, 0.3) is 0 Å². The maximum absolute atomic E-state index is 5.39. The Morgan fingerprint density at radius 2 is 2.04 bits per heavy atom. The van der Waals surface area contributed by atoms with Crippen molar-refractivity contribution >= 4 is 23.0 Å². The minimum Gasteiger partial charge on any atom is -0.497 e. The second-order valence-electron chi connectivity index (χ2n) is 6.48. The topological polar surface area (TPSA) is 58.1 Å². The molecule has 0 saturated carbocycles. The van der Waals surface area contributed by atoms with Crippen LogP contribution in [-0.4, -0.2) is 52.9 Å². The minimum absolute atomic E-state index is 0.357. The van der Waals surface area contributed by atoms with Crippen LogP contribution in [-0.2, 0) is 6.42 Å². The molecule has 27 heavy (non-hydrogen) atoms. The number of anilines is 1. The predicted molar refractivity (Wildman–Crippen MR) is 113 cm³/mol. The standard InChI is InChI=1S/C20H28N4O2S/c1-21-20(22-8-6-19-5-4-10-27-19)23-15-7-9-24(14-15)16-11-17(25-2)13-18(12-16)26-3/h4-5,10-13,15H,6-9,14H2,1-3H3,(H2,21,22,23). The van der Waals surface area contributed by atoms with E-state index in [1.165, 1.54) is 4.88 Å². The molecule has 0 spiro atoms. The van der Waals surface area contributed by atoms with Crippen molar-refractivity contribution < 1.29 is 9.47 Å². The van der Waals surface area contributed by atoms with Crippen LogP contribution in [0.1, 0.15) is 11.3 Å². The summed E-state index contributed by atoms with van der Waals surface area (Å²) < 4.78 is 10.8. The van der Waals surface area contributed by atoms with Gasteiger partial charge in [0.05, 0.1) is 14.2 Å². The van der Waals surface area contributed by atoms with E-state index in [-0.39, 0.29) is 0 Å². The molecule has 1 aliphatic rings. The van der Waals surface area contributed by atoms with Crippen molar-refractivity contribution in [1.29, 1.82) is 0 Å². The van der Waals surface area contributed by atoms with Crippen LogP contribution < -0.4 is 25.0 Å². The maximum atomic E-state index is 5.39. The first-order valence-electron chi connectivity index (χ1n) is 9.19. The zero-order valence-corrected chi connectivity index (χ0v) is 17.0. The van der Waals surface area contributed by atoms with Gasteiger partial charge in [0.15, 0.2) is 5.96 Å². The van der Waals surface area contributed by atoms with Crippen LogP contribution in [0, 0.1) is 0 Å². The normalized spacial score (nSPS) is 17.1. The second-order valence-corrected chi connectivity index (χ2v) is 7.51. The number of nitrogens with zero attached hydrogens (tertiary/aromatic N) is 2. The Kier molecular flexibility index (Phi) is 6.81. The van der Waals surface area contributed by atoms with Crippen molar-refractivity contribution in [2.45, 2.75) is 18.9 Å². The van der Waals surface area contributed by atoms with E-state index in [2.05, 4.69) is 50.2 Å². The van der Waals surface area contributed by atoms with E-state index < -0.39 is 0 Å². The van der Waals surface area contributed by atoms with E-state index >= 15 is 0 Å². The van der Waals surface area contributed by atoms with Gasteiger partial charge in [-0.1, -0.05) is 6.07 Å². The lowest BCUT2D eigenvalue weighted by Gasteiger charge is -2.21. The minimum atomic E-state index is 0.357. The van der Waals surface area contributed by atoms with Crippen LogP contribution in [0.4, 0.5) is 5.69 Å². The third-order valence-electron chi connectivity index (χ3n) is 4.70. The third-order valence-corrected chi connectivity index (χ3v) is 5.63. The van der Waals surface area contributed by atoms with E-state index in [1.807, 2.05) is 13.1 Å². The van der Waals surface area contributed by atoms with Gasteiger partial charge in [0.1, 0.15) is 11.5 Å². The predicted octanol–water partition coefficient (Wildman–Crippen LogP) is 2.75. The first-order valence-corrected chi connectivity index (χ1v) is 10.1. The largest absolute Gasteiger partial charge is 0.497 e. The van der Waals surface area contributed by atoms with Gasteiger partial charge < -0.3 is 25.0 Å². The van der Waals surface area contributed by atoms with Crippen LogP contribution in [0.3, 0.4) is 0 Å². The first-order chi connectivity index (χ1) is 13.2. The van der Waals surface area contributed by atoms with Crippen LogP contribution in [0.25, 0.3) is 0 Å². The summed E-state index contributed by atoms with van der Waals surface area (Å²) in [5.41, 5.74) is 1.12. The molecule has 2 heterocycles. The zero-order chi connectivity index (χ0) is 19.1. The quantitative estimate of drug-likeness (QED) is 0.564. The number of ether oxygens (including phenoxy) is 2. The molecular weight excluding hydrogens is 360 g/mol. The monoisotopic (exact) mass is 388 g/mol. The molecule has 1 aliphatic heterocycles. The number of hydrogen-bond acceptors (Lipinski definition) is 5. The molecule has 1 fully saturated rings. The molecule has 7 heteroatoms. The van der Waals surface area contributed by atoms with Gasteiger partial charge in [0.2, 0.25) is 0 Å². The molecule has 0 bridgehead atoms. The molecule has 146 valence electrons. The van der Waals surface area contributed by atoms with Gasteiger partial charge in [-0.2, -0.15) is 0 Å². The highest BCUT2D eigenvalue weighted by Gasteiger charge is 2.24. The van der Waals surface area contributed by atoms with Crippen molar-refractivity contribution in [3.63, 3.8) is 0 Å². The van der Waals surface area contributed by atoms with E-state index in [4.69, 9.17) is 9.47 Å². The summed E-state index contributed by atoms with van der Waals surface area (Å²) >= 11 is 1.79. The Labute approximate surface area is 165 Å². The number of thiophene rings is 1. The summed E-state index contributed by atoms with van der Waals surface area (Å²) in [5, 5.41) is 9.07. The van der Waals surface area contributed by atoms with Gasteiger partial charge in [-0.25, -0.2) is 0 Å². The number of aliphatic imine (C=N–C) groups is 1. The fraction of sp³-hybridized carbons (Fsp3) is 0.450. The molecule has 0 amide bonds. The Balaban J connectivity index is 1.52. The number of methoxy groups -OCH3 is 2. The molecule has 1 unspecified atom stereocenters. The van der Waals surface area contributed by atoms with Gasteiger partial charge in [0, 0.05) is 61.5 Å². The number of benzene rings is 1. The van der Waals surface area contributed by atoms with Crippen molar-refractivity contribution in [2.75, 3.05) is 45.8 Å². The number of guanidine groups is 1. The van der Waals surface area contributed by atoms with Crippen molar-refractivity contribution in [3.8, 4) is 11.5 Å². The van der Waals surface area contributed by atoms with Crippen molar-refractivity contribution in [3.05, 3.63) is 40.6 Å². The van der Waals surface area contributed by atoms with Crippen LogP contribution >= 0.6 is 11.3 Å². The SMILES string of the molecule is CN=C(NCCc1cccs1)NC1CCN(c2cc(OC)cc(OC)c2)C1. The number of hydrogen-bond donors (Lipinski definition) is 2. The van der Waals surface area contributed by atoms with Crippen LogP contribution in [0.15, 0.2) is 40.7 Å². The molecule has 3 rings (SSSR count). The van der Waals surface area contributed by atoms with Gasteiger partial charge in [-0.05, 0) is 24.3 Å². The molecule has 2 N–H and O–H groups in total.